The Labute approximate surface area is 117 Å². The molecule has 2 rings (SSSR count). The number of carbonyl (C=O) groups is 1. The molecule has 1 aromatic heterocycles. The SMILES string of the molecule is Cc1cc(NS(=O)(=O)N2CCCCC2C(=O)O)n(C)n1. The fourth-order valence-electron chi connectivity index (χ4n) is 2.34. The number of piperidine rings is 1. The number of nitrogens with zero attached hydrogens (tertiary/aromatic N) is 3. The van der Waals surface area contributed by atoms with Crippen LogP contribution in [-0.4, -0.2) is 46.2 Å². The Morgan fingerprint density at radius 2 is 2.20 bits per heavy atom. The first-order valence-electron chi connectivity index (χ1n) is 6.34. The Balaban J connectivity index is 2.24. The van der Waals surface area contributed by atoms with E-state index in [0.29, 0.717) is 30.8 Å². The third-order valence-electron chi connectivity index (χ3n) is 3.28. The van der Waals surface area contributed by atoms with E-state index < -0.39 is 22.2 Å². The maximum Gasteiger partial charge on any atom is 0.322 e. The molecule has 1 aliphatic rings. The number of nitrogens with one attached hydrogen (secondary N) is 1. The normalized spacial score (nSPS) is 20.8. The van der Waals surface area contributed by atoms with E-state index in [0.717, 1.165) is 4.31 Å². The van der Waals surface area contributed by atoms with E-state index in [-0.39, 0.29) is 6.54 Å². The minimum atomic E-state index is -3.90. The van der Waals surface area contributed by atoms with Gasteiger partial charge in [0.15, 0.2) is 0 Å². The van der Waals surface area contributed by atoms with Crippen molar-refractivity contribution in [2.75, 3.05) is 11.3 Å². The van der Waals surface area contributed by atoms with E-state index >= 15 is 0 Å². The highest BCUT2D eigenvalue weighted by Crippen LogP contribution is 2.22. The predicted molar refractivity (Wildman–Crippen MR) is 72.5 cm³/mol. The Bertz CT molecular complexity index is 610. The van der Waals surface area contributed by atoms with Crippen LogP contribution in [0.2, 0.25) is 0 Å². The van der Waals surface area contributed by atoms with E-state index in [1.807, 2.05) is 0 Å². The number of anilines is 1. The Hall–Kier alpha value is -1.61. The van der Waals surface area contributed by atoms with Gasteiger partial charge in [0.05, 0.1) is 5.69 Å². The summed E-state index contributed by atoms with van der Waals surface area (Å²) in [6.45, 7) is 1.96. The van der Waals surface area contributed by atoms with Crippen LogP contribution in [0, 0.1) is 6.92 Å². The van der Waals surface area contributed by atoms with Crippen LogP contribution in [0.15, 0.2) is 6.07 Å². The van der Waals surface area contributed by atoms with Gasteiger partial charge in [-0.25, -0.2) is 0 Å². The number of hydrogen-bond acceptors (Lipinski definition) is 4. The summed E-state index contributed by atoms with van der Waals surface area (Å²) in [5.41, 5.74) is 0.679. The molecule has 1 aliphatic heterocycles. The molecule has 1 aromatic rings. The number of aryl methyl sites for hydroxylation is 2. The molecule has 0 bridgehead atoms. The minimum Gasteiger partial charge on any atom is -0.480 e. The van der Waals surface area contributed by atoms with E-state index in [9.17, 15) is 13.2 Å². The van der Waals surface area contributed by atoms with Gasteiger partial charge in [-0.2, -0.15) is 17.8 Å². The molecule has 9 heteroatoms. The first-order valence-corrected chi connectivity index (χ1v) is 7.78. The fraction of sp³-hybridized carbons (Fsp3) is 0.636. The van der Waals surface area contributed by atoms with Gasteiger partial charge in [0.25, 0.3) is 0 Å². The molecule has 0 aliphatic carbocycles. The van der Waals surface area contributed by atoms with Crippen LogP contribution in [0.1, 0.15) is 25.0 Å². The first-order chi connectivity index (χ1) is 9.31. The quantitative estimate of drug-likeness (QED) is 0.833. The lowest BCUT2D eigenvalue weighted by Crippen LogP contribution is -2.50. The highest BCUT2D eigenvalue weighted by Gasteiger charge is 2.37. The molecule has 20 heavy (non-hydrogen) atoms. The van der Waals surface area contributed by atoms with Crippen molar-refractivity contribution in [3.05, 3.63) is 11.8 Å². The maximum absolute atomic E-state index is 12.3. The minimum absolute atomic E-state index is 0.211. The van der Waals surface area contributed by atoms with Crippen molar-refractivity contribution in [2.24, 2.45) is 7.05 Å². The van der Waals surface area contributed by atoms with Crippen LogP contribution in [-0.2, 0) is 22.1 Å². The van der Waals surface area contributed by atoms with E-state index in [1.54, 1.807) is 20.0 Å². The summed E-state index contributed by atoms with van der Waals surface area (Å²) in [6.07, 6.45) is 1.71. The van der Waals surface area contributed by atoms with E-state index in [1.165, 1.54) is 4.68 Å². The van der Waals surface area contributed by atoms with Crippen molar-refractivity contribution >= 4 is 22.0 Å². The van der Waals surface area contributed by atoms with Crippen molar-refractivity contribution in [3.8, 4) is 0 Å². The van der Waals surface area contributed by atoms with Crippen molar-refractivity contribution in [3.63, 3.8) is 0 Å². The second-order valence-electron chi connectivity index (χ2n) is 4.86. The molecule has 1 fully saturated rings. The van der Waals surface area contributed by atoms with Crippen LogP contribution >= 0.6 is 0 Å². The zero-order chi connectivity index (χ0) is 14.9. The molecule has 2 heterocycles. The topological polar surface area (TPSA) is 105 Å². The lowest BCUT2D eigenvalue weighted by molar-refractivity contribution is -0.142. The van der Waals surface area contributed by atoms with Crippen LogP contribution in [0.25, 0.3) is 0 Å². The van der Waals surface area contributed by atoms with Gasteiger partial charge in [0, 0.05) is 19.7 Å². The number of carboxylic acid groups (broad SMARTS) is 1. The van der Waals surface area contributed by atoms with Crippen molar-refractivity contribution in [1.82, 2.24) is 14.1 Å². The summed E-state index contributed by atoms with van der Waals surface area (Å²) in [5.74, 6) is -0.798. The lowest BCUT2D eigenvalue weighted by atomic mass is 10.1. The van der Waals surface area contributed by atoms with Crippen molar-refractivity contribution < 1.29 is 18.3 Å². The summed E-state index contributed by atoms with van der Waals surface area (Å²) in [7, 11) is -2.28. The molecule has 1 unspecified atom stereocenters. The number of aromatic nitrogens is 2. The Kier molecular flexibility index (Phi) is 4.00. The highest BCUT2D eigenvalue weighted by atomic mass is 32.2. The molecular weight excluding hydrogens is 284 g/mol. The summed E-state index contributed by atoms with van der Waals surface area (Å²) in [6, 6.07) is 0.590. The molecule has 112 valence electrons. The average Bonchev–Trinajstić information content (AvgIpc) is 2.67. The number of hydrogen-bond donors (Lipinski definition) is 2. The van der Waals surface area contributed by atoms with Crippen LogP contribution < -0.4 is 4.72 Å². The Morgan fingerprint density at radius 1 is 1.50 bits per heavy atom. The van der Waals surface area contributed by atoms with Crippen molar-refractivity contribution in [1.29, 1.82) is 0 Å². The lowest BCUT2D eigenvalue weighted by Gasteiger charge is -2.31. The van der Waals surface area contributed by atoms with Gasteiger partial charge in [0.1, 0.15) is 11.9 Å². The van der Waals surface area contributed by atoms with Gasteiger partial charge in [-0.15, -0.1) is 0 Å². The molecule has 1 saturated heterocycles. The van der Waals surface area contributed by atoms with Gasteiger partial charge < -0.3 is 5.11 Å². The highest BCUT2D eigenvalue weighted by molar-refractivity contribution is 7.90. The zero-order valence-electron chi connectivity index (χ0n) is 11.4. The molecule has 0 saturated carbocycles. The first kappa shape index (κ1) is 14.8. The third-order valence-corrected chi connectivity index (χ3v) is 4.80. The summed E-state index contributed by atoms with van der Waals surface area (Å²) >= 11 is 0. The van der Waals surface area contributed by atoms with Gasteiger partial charge >= 0.3 is 16.2 Å². The smallest absolute Gasteiger partial charge is 0.322 e. The van der Waals surface area contributed by atoms with Crippen molar-refractivity contribution in [2.45, 2.75) is 32.2 Å². The molecule has 0 aromatic carbocycles. The second kappa shape index (κ2) is 5.41. The van der Waals surface area contributed by atoms with Crippen LogP contribution in [0.5, 0.6) is 0 Å². The second-order valence-corrected chi connectivity index (χ2v) is 6.49. The maximum atomic E-state index is 12.3. The number of carboxylic acids is 1. The van der Waals surface area contributed by atoms with E-state index in [4.69, 9.17) is 5.11 Å². The largest absolute Gasteiger partial charge is 0.480 e. The molecule has 0 amide bonds. The molecule has 1 atom stereocenters. The fourth-order valence-corrected chi connectivity index (χ4v) is 3.81. The summed E-state index contributed by atoms with van der Waals surface area (Å²) in [5, 5.41) is 13.2. The molecule has 0 radical (unpaired) electrons. The number of aliphatic carboxylic acids is 1. The molecule has 0 spiro atoms. The third kappa shape index (κ3) is 2.93. The summed E-state index contributed by atoms with van der Waals surface area (Å²) in [4.78, 5) is 11.2. The zero-order valence-corrected chi connectivity index (χ0v) is 12.2. The molecular formula is C11H18N4O4S. The van der Waals surface area contributed by atoms with E-state index in [2.05, 4.69) is 9.82 Å². The van der Waals surface area contributed by atoms with Gasteiger partial charge in [-0.3, -0.25) is 14.2 Å². The van der Waals surface area contributed by atoms with Gasteiger partial charge in [0.2, 0.25) is 0 Å². The molecule has 2 N–H and O–H groups in total. The molecule has 8 nitrogen and oxygen atoms in total. The number of rotatable bonds is 4. The Morgan fingerprint density at radius 3 is 2.75 bits per heavy atom. The standard InChI is InChI=1S/C11H18N4O4S/c1-8-7-10(14(2)12-8)13-20(18,19)15-6-4-3-5-9(15)11(16)17/h7,9,13H,3-6H2,1-2H3,(H,16,17). The monoisotopic (exact) mass is 302 g/mol. The average molecular weight is 302 g/mol. The summed E-state index contributed by atoms with van der Waals surface area (Å²) < 4.78 is 29.5. The van der Waals surface area contributed by atoms with Gasteiger partial charge in [-0.1, -0.05) is 0 Å². The predicted octanol–water partition coefficient (Wildman–Crippen LogP) is 0.324. The van der Waals surface area contributed by atoms with Gasteiger partial charge in [-0.05, 0) is 26.2 Å². The van der Waals surface area contributed by atoms with Crippen LogP contribution in [0.4, 0.5) is 5.82 Å². The van der Waals surface area contributed by atoms with Crippen LogP contribution in [0.3, 0.4) is 0 Å².